The molecule has 0 spiro atoms. The molecule has 1 saturated heterocycles. The van der Waals surface area contributed by atoms with Gasteiger partial charge in [-0.2, -0.15) is 4.39 Å². The summed E-state index contributed by atoms with van der Waals surface area (Å²) in [6, 6.07) is 12.3. The smallest absolute Gasteiger partial charge is 0.201 e. The molecule has 3 aromatic rings. The van der Waals surface area contributed by atoms with Gasteiger partial charge in [-0.15, -0.1) is 6.58 Å². The molecule has 0 aromatic heterocycles. The fourth-order valence-electron chi connectivity index (χ4n) is 4.59. The predicted octanol–water partition coefficient (Wildman–Crippen LogP) is 8.59. The predicted molar refractivity (Wildman–Crippen MR) is 134 cm³/mol. The SMILES string of the molecule is C=CCCC1CCC(c2ccc(-c3ccc(-c4ccc(OCCC)c(F)c4F)cc3)c(F)c2F)CO1. The van der Waals surface area contributed by atoms with Gasteiger partial charge >= 0.3 is 0 Å². The summed E-state index contributed by atoms with van der Waals surface area (Å²) in [5.74, 6) is -4.19. The topological polar surface area (TPSA) is 18.5 Å². The van der Waals surface area contributed by atoms with E-state index in [9.17, 15) is 8.78 Å². The van der Waals surface area contributed by atoms with Crippen molar-refractivity contribution in [3.05, 3.63) is 90.0 Å². The van der Waals surface area contributed by atoms with Gasteiger partial charge in [0, 0.05) is 17.0 Å². The summed E-state index contributed by atoms with van der Waals surface area (Å²) in [5.41, 5.74) is 1.35. The molecule has 190 valence electrons. The van der Waals surface area contributed by atoms with Gasteiger partial charge in [0.1, 0.15) is 0 Å². The van der Waals surface area contributed by atoms with Gasteiger partial charge in [-0.3, -0.25) is 0 Å². The molecule has 2 unspecified atom stereocenters. The average Bonchev–Trinajstić information content (AvgIpc) is 2.90. The number of halogens is 4. The Labute approximate surface area is 209 Å². The third kappa shape index (κ3) is 5.49. The van der Waals surface area contributed by atoms with Crippen LogP contribution >= 0.6 is 0 Å². The third-order valence-corrected chi connectivity index (χ3v) is 6.63. The molecule has 0 N–H and O–H groups in total. The van der Waals surface area contributed by atoms with Crippen LogP contribution in [-0.4, -0.2) is 19.3 Å². The highest BCUT2D eigenvalue weighted by Crippen LogP contribution is 2.36. The van der Waals surface area contributed by atoms with Gasteiger partial charge < -0.3 is 9.47 Å². The van der Waals surface area contributed by atoms with Gasteiger partial charge in [-0.1, -0.05) is 49.4 Å². The van der Waals surface area contributed by atoms with Crippen LogP contribution in [0.1, 0.15) is 50.5 Å². The van der Waals surface area contributed by atoms with Gasteiger partial charge in [0.25, 0.3) is 0 Å². The van der Waals surface area contributed by atoms with E-state index in [-0.39, 0.29) is 35.5 Å². The van der Waals surface area contributed by atoms with Crippen LogP contribution in [0, 0.1) is 23.3 Å². The first-order valence-corrected chi connectivity index (χ1v) is 12.4. The molecule has 6 heteroatoms. The zero-order valence-electron chi connectivity index (χ0n) is 20.3. The summed E-state index contributed by atoms with van der Waals surface area (Å²) in [6.45, 7) is 6.24. The average molecular weight is 499 g/mol. The number of allylic oxidation sites excluding steroid dienone is 1. The molecule has 0 saturated carbocycles. The van der Waals surface area contributed by atoms with Gasteiger partial charge in [-0.05, 0) is 60.9 Å². The van der Waals surface area contributed by atoms with Gasteiger partial charge in [0.2, 0.25) is 5.82 Å². The molecule has 1 heterocycles. The van der Waals surface area contributed by atoms with Crippen LogP contribution in [0.25, 0.3) is 22.3 Å². The molecule has 2 nitrogen and oxygen atoms in total. The second-order valence-corrected chi connectivity index (χ2v) is 9.09. The molecule has 0 aliphatic carbocycles. The molecular weight excluding hydrogens is 468 g/mol. The van der Waals surface area contributed by atoms with Crippen molar-refractivity contribution >= 4 is 0 Å². The maximum atomic E-state index is 15.1. The molecule has 4 rings (SSSR count). The second kappa shape index (κ2) is 11.7. The second-order valence-electron chi connectivity index (χ2n) is 9.09. The Kier molecular flexibility index (Phi) is 8.47. The zero-order valence-corrected chi connectivity index (χ0v) is 20.3. The fraction of sp³-hybridized carbons (Fsp3) is 0.333. The maximum Gasteiger partial charge on any atom is 0.201 e. The van der Waals surface area contributed by atoms with E-state index in [1.54, 1.807) is 36.4 Å². The quantitative estimate of drug-likeness (QED) is 0.217. The van der Waals surface area contributed by atoms with Gasteiger partial charge in [0.05, 0.1) is 19.3 Å². The fourth-order valence-corrected chi connectivity index (χ4v) is 4.59. The first kappa shape index (κ1) is 26.0. The standard InChI is InChI=1S/C30H30F4O2/c1-3-5-6-22-12-11-21(18-36-22)25-14-13-23(27(31)28(25)32)19-7-9-20(10-8-19)24-15-16-26(35-17-4-2)30(34)29(24)33/h3,7-10,13-16,21-22H,1,4-6,11-12,17-18H2,2H3. The lowest BCUT2D eigenvalue weighted by Crippen LogP contribution is -2.25. The lowest BCUT2D eigenvalue weighted by atomic mass is 9.88. The number of hydrogen-bond acceptors (Lipinski definition) is 2. The Morgan fingerprint density at radius 3 is 2.08 bits per heavy atom. The highest BCUT2D eigenvalue weighted by atomic mass is 19.2. The highest BCUT2D eigenvalue weighted by molar-refractivity contribution is 5.72. The van der Waals surface area contributed by atoms with Crippen molar-refractivity contribution in [1.29, 1.82) is 0 Å². The largest absolute Gasteiger partial charge is 0.490 e. The van der Waals surface area contributed by atoms with Crippen molar-refractivity contribution in [2.45, 2.75) is 51.0 Å². The first-order chi connectivity index (χ1) is 17.4. The molecule has 0 bridgehead atoms. The molecule has 3 aromatic carbocycles. The first-order valence-electron chi connectivity index (χ1n) is 12.4. The molecule has 2 atom stereocenters. The highest BCUT2D eigenvalue weighted by Gasteiger charge is 2.27. The Balaban J connectivity index is 1.52. The van der Waals surface area contributed by atoms with Crippen molar-refractivity contribution in [2.24, 2.45) is 0 Å². The normalized spacial score (nSPS) is 17.7. The Bertz CT molecular complexity index is 1200. The van der Waals surface area contributed by atoms with E-state index in [0.29, 0.717) is 29.7 Å². The van der Waals surface area contributed by atoms with Crippen LogP contribution in [-0.2, 0) is 4.74 Å². The van der Waals surface area contributed by atoms with Crippen LogP contribution in [0.2, 0.25) is 0 Å². The monoisotopic (exact) mass is 498 g/mol. The number of ether oxygens (including phenoxy) is 2. The summed E-state index contributed by atoms with van der Waals surface area (Å²) in [4.78, 5) is 0. The van der Waals surface area contributed by atoms with Crippen LogP contribution in [0.5, 0.6) is 5.75 Å². The Hall–Kier alpha value is -3.12. The maximum absolute atomic E-state index is 15.1. The Morgan fingerprint density at radius 2 is 1.50 bits per heavy atom. The molecule has 1 aliphatic rings. The summed E-state index contributed by atoms with van der Waals surface area (Å²) in [5, 5.41) is 0. The molecular formula is C30H30F4O2. The molecule has 0 radical (unpaired) electrons. The lowest BCUT2D eigenvalue weighted by Gasteiger charge is -2.29. The molecule has 36 heavy (non-hydrogen) atoms. The number of rotatable bonds is 9. The van der Waals surface area contributed by atoms with E-state index in [0.717, 1.165) is 25.7 Å². The van der Waals surface area contributed by atoms with Crippen molar-refractivity contribution in [3.8, 4) is 28.0 Å². The van der Waals surface area contributed by atoms with E-state index in [1.165, 1.54) is 12.1 Å². The van der Waals surface area contributed by atoms with E-state index in [1.807, 2.05) is 13.0 Å². The van der Waals surface area contributed by atoms with Crippen LogP contribution < -0.4 is 4.74 Å². The summed E-state index contributed by atoms with van der Waals surface area (Å²) in [7, 11) is 0. The molecule has 0 amide bonds. The van der Waals surface area contributed by atoms with E-state index >= 15 is 8.78 Å². The van der Waals surface area contributed by atoms with Gasteiger partial charge in [0.15, 0.2) is 23.2 Å². The molecule has 1 fully saturated rings. The van der Waals surface area contributed by atoms with E-state index in [2.05, 4.69) is 6.58 Å². The van der Waals surface area contributed by atoms with Crippen molar-refractivity contribution < 1.29 is 27.0 Å². The third-order valence-electron chi connectivity index (χ3n) is 6.63. The van der Waals surface area contributed by atoms with E-state index in [4.69, 9.17) is 9.47 Å². The summed E-state index contributed by atoms with van der Waals surface area (Å²) >= 11 is 0. The minimum atomic E-state index is -1.05. The zero-order chi connectivity index (χ0) is 25.7. The summed E-state index contributed by atoms with van der Waals surface area (Å²) in [6.07, 6.45) is 5.93. The van der Waals surface area contributed by atoms with E-state index < -0.39 is 23.3 Å². The van der Waals surface area contributed by atoms with Crippen LogP contribution in [0.15, 0.2) is 61.2 Å². The minimum Gasteiger partial charge on any atom is -0.490 e. The van der Waals surface area contributed by atoms with Crippen LogP contribution in [0.4, 0.5) is 17.6 Å². The Morgan fingerprint density at radius 1 is 0.861 bits per heavy atom. The van der Waals surface area contributed by atoms with Crippen LogP contribution in [0.3, 0.4) is 0 Å². The minimum absolute atomic E-state index is 0.0635. The van der Waals surface area contributed by atoms with Crippen molar-refractivity contribution in [1.82, 2.24) is 0 Å². The van der Waals surface area contributed by atoms with Crippen molar-refractivity contribution in [2.75, 3.05) is 13.2 Å². The number of hydrogen-bond donors (Lipinski definition) is 0. The van der Waals surface area contributed by atoms with Gasteiger partial charge in [-0.25, -0.2) is 13.2 Å². The lowest BCUT2D eigenvalue weighted by molar-refractivity contribution is -0.000881. The number of benzene rings is 3. The summed E-state index contributed by atoms with van der Waals surface area (Å²) < 4.78 is 70.2. The van der Waals surface area contributed by atoms with Crippen molar-refractivity contribution in [3.63, 3.8) is 0 Å². The molecule has 1 aliphatic heterocycles.